The van der Waals surface area contributed by atoms with Gasteiger partial charge in [-0.25, -0.2) is 4.98 Å². The second-order valence-electron chi connectivity index (χ2n) is 5.72. The van der Waals surface area contributed by atoms with Gasteiger partial charge in [0.15, 0.2) is 0 Å². The molecule has 0 N–H and O–H groups in total. The Kier molecular flexibility index (Phi) is 4.14. The van der Waals surface area contributed by atoms with Crippen molar-refractivity contribution in [2.45, 2.75) is 26.9 Å². The van der Waals surface area contributed by atoms with Gasteiger partial charge in [-0.1, -0.05) is 0 Å². The zero-order valence-corrected chi connectivity index (χ0v) is 13.4. The van der Waals surface area contributed by atoms with Crippen LogP contribution in [0.5, 0.6) is 11.6 Å². The molecule has 23 heavy (non-hydrogen) atoms. The Hall–Kier alpha value is -2.63. The molecule has 2 aromatic heterocycles. The van der Waals surface area contributed by atoms with Crippen LogP contribution in [0.2, 0.25) is 0 Å². The van der Waals surface area contributed by atoms with Crippen molar-refractivity contribution in [3.05, 3.63) is 41.9 Å². The van der Waals surface area contributed by atoms with E-state index < -0.39 is 0 Å². The first-order chi connectivity index (χ1) is 11.0. The number of rotatable bonds is 3. The van der Waals surface area contributed by atoms with E-state index in [9.17, 15) is 4.79 Å². The summed E-state index contributed by atoms with van der Waals surface area (Å²) in [5.74, 6) is 0.933. The lowest BCUT2D eigenvalue weighted by Gasteiger charge is -2.29. The average molecular weight is 313 g/mol. The molecule has 1 amide bonds. The fraction of sp³-hybridized carbons (Fsp3) is 0.353. The Labute approximate surface area is 135 Å². The minimum Gasteiger partial charge on any atom is -0.489 e. The van der Waals surface area contributed by atoms with E-state index in [1.165, 1.54) is 0 Å². The number of ether oxygens (including phenoxy) is 2. The normalized spacial score (nSPS) is 13.5. The smallest absolute Gasteiger partial charge is 0.260 e. The van der Waals surface area contributed by atoms with Crippen LogP contribution in [-0.4, -0.2) is 35.1 Å². The Morgan fingerprint density at radius 2 is 2.13 bits per heavy atom. The van der Waals surface area contributed by atoms with Crippen LogP contribution in [0, 0.1) is 6.92 Å². The molecule has 2 aromatic rings. The van der Waals surface area contributed by atoms with Gasteiger partial charge < -0.3 is 14.4 Å². The molecule has 6 heteroatoms. The Morgan fingerprint density at radius 1 is 1.30 bits per heavy atom. The summed E-state index contributed by atoms with van der Waals surface area (Å²) in [5.41, 5.74) is 2.15. The summed E-state index contributed by atoms with van der Waals surface area (Å²) in [6.45, 7) is 6.70. The lowest BCUT2D eigenvalue weighted by Crippen LogP contribution is -2.38. The first-order valence-electron chi connectivity index (χ1n) is 7.57. The first kappa shape index (κ1) is 15.3. The predicted molar refractivity (Wildman–Crippen MR) is 86.1 cm³/mol. The minimum atomic E-state index is -0.136. The molecule has 6 nitrogen and oxygen atoms in total. The first-order valence-corrected chi connectivity index (χ1v) is 7.57. The molecule has 0 aliphatic carbocycles. The summed E-state index contributed by atoms with van der Waals surface area (Å²) in [7, 11) is 0. The van der Waals surface area contributed by atoms with Crippen LogP contribution in [0.4, 0.5) is 5.69 Å². The molecule has 3 heterocycles. The highest BCUT2D eigenvalue weighted by atomic mass is 16.5. The molecule has 0 aromatic carbocycles. The molecule has 0 spiro atoms. The Morgan fingerprint density at radius 3 is 2.91 bits per heavy atom. The van der Waals surface area contributed by atoms with Gasteiger partial charge in [-0.05, 0) is 38.5 Å². The Balaban J connectivity index is 1.91. The van der Waals surface area contributed by atoms with Gasteiger partial charge in [-0.15, -0.1) is 0 Å². The van der Waals surface area contributed by atoms with Crippen LogP contribution in [0.3, 0.4) is 0 Å². The number of aryl methyl sites for hydroxylation is 1. The van der Waals surface area contributed by atoms with E-state index in [0.717, 1.165) is 5.56 Å². The minimum absolute atomic E-state index is 0.0260. The SMILES string of the molecule is Cc1cnc2c(c1)N(C(=O)c1cncc(OC(C)C)c1)CCO2. The molecular weight excluding hydrogens is 294 g/mol. The van der Waals surface area contributed by atoms with Crippen LogP contribution in [0.15, 0.2) is 30.7 Å². The largest absolute Gasteiger partial charge is 0.489 e. The number of amides is 1. The van der Waals surface area contributed by atoms with Gasteiger partial charge in [0.2, 0.25) is 5.88 Å². The van der Waals surface area contributed by atoms with Crippen molar-refractivity contribution in [2.24, 2.45) is 0 Å². The van der Waals surface area contributed by atoms with Crippen molar-refractivity contribution in [1.29, 1.82) is 0 Å². The van der Waals surface area contributed by atoms with Crippen molar-refractivity contribution in [2.75, 3.05) is 18.1 Å². The molecule has 0 saturated carbocycles. The zero-order chi connectivity index (χ0) is 16.4. The molecule has 1 aliphatic heterocycles. The van der Waals surface area contributed by atoms with Gasteiger partial charge in [0.05, 0.1) is 24.4 Å². The number of hydrogen-bond donors (Lipinski definition) is 0. The molecule has 0 fully saturated rings. The topological polar surface area (TPSA) is 64.6 Å². The van der Waals surface area contributed by atoms with Gasteiger partial charge >= 0.3 is 0 Å². The summed E-state index contributed by atoms with van der Waals surface area (Å²) in [5, 5.41) is 0. The van der Waals surface area contributed by atoms with Crippen LogP contribution in [0.1, 0.15) is 29.8 Å². The highest BCUT2D eigenvalue weighted by molar-refractivity contribution is 6.07. The Bertz CT molecular complexity index is 731. The molecular formula is C17H19N3O3. The maximum absolute atomic E-state index is 12.9. The third-order valence-electron chi connectivity index (χ3n) is 3.39. The van der Waals surface area contributed by atoms with E-state index in [1.54, 1.807) is 29.6 Å². The molecule has 0 saturated heterocycles. The van der Waals surface area contributed by atoms with Crippen LogP contribution in [-0.2, 0) is 0 Å². The lowest BCUT2D eigenvalue weighted by atomic mass is 10.2. The summed E-state index contributed by atoms with van der Waals surface area (Å²) >= 11 is 0. The van der Waals surface area contributed by atoms with Crippen molar-refractivity contribution >= 4 is 11.6 Å². The van der Waals surface area contributed by atoms with E-state index in [0.29, 0.717) is 36.0 Å². The van der Waals surface area contributed by atoms with Crippen LogP contribution < -0.4 is 14.4 Å². The number of carbonyl (C=O) groups excluding carboxylic acids is 1. The second kappa shape index (κ2) is 6.24. The fourth-order valence-corrected chi connectivity index (χ4v) is 2.44. The van der Waals surface area contributed by atoms with Crippen molar-refractivity contribution in [3.63, 3.8) is 0 Å². The number of nitrogens with zero attached hydrogens (tertiary/aromatic N) is 3. The molecule has 120 valence electrons. The number of pyridine rings is 2. The lowest BCUT2D eigenvalue weighted by molar-refractivity contribution is 0.0974. The summed E-state index contributed by atoms with van der Waals surface area (Å²) in [4.78, 5) is 22.9. The second-order valence-corrected chi connectivity index (χ2v) is 5.72. The van der Waals surface area contributed by atoms with Crippen LogP contribution in [0.25, 0.3) is 0 Å². The molecule has 0 atom stereocenters. The highest BCUT2D eigenvalue weighted by Crippen LogP contribution is 2.31. The van der Waals surface area contributed by atoms with Gasteiger partial charge in [0.25, 0.3) is 5.91 Å². The van der Waals surface area contributed by atoms with Crippen molar-refractivity contribution in [3.8, 4) is 11.6 Å². The number of hydrogen-bond acceptors (Lipinski definition) is 5. The predicted octanol–water partition coefficient (Wildman–Crippen LogP) is 2.61. The molecule has 0 unspecified atom stereocenters. The maximum atomic E-state index is 12.9. The molecule has 1 aliphatic rings. The van der Waals surface area contributed by atoms with Crippen molar-refractivity contribution < 1.29 is 14.3 Å². The molecule has 0 radical (unpaired) electrons. The van der Waals surface area contributed by atoms with E-state index in [1.807, 2.05) is 26.8 Å². The van der Waals surface area contributed by atoms with Crippen molar-refractivity contribution in [1.82, 2.24) is 9.97 Å². The summed E-state index contributed by atoms with van der Waals surface area (Å²) in [6, 6.07) is 3.62. The molecule has 0 bridgehead atoms. The highest BCUT2D eigenvalue weighted by Gasteiger charge is 2.26. The summed E-state index contributed by atoms with van der Waals surface area (Å²) < 4.78 is 11.1. The van der Waals surface area contributed by atoms with E-state index in [2.05, 4.69) is 9.97 Å². The van der Waals surface area contributed by atoms with E-state index >= 15 is 0 Å². The van der Waals surface area contributed by atoms with E-state index in [-0.39, 0.29) is 12.0 Å². The maximum Gasteiger partial charge on any atom is 0.260 e. The molecule has 3 rings (SSSR count). The monoisotopic (exact) mass is 313 g/mol. The number of carbonyl (C=O) groups is 1. The zero-order valence-electron chi connectivity index (χ0n) is 13.4. The number of aromatic nitrogens is 2. The summed E-state index contributed by atoms with van der Waals surface area (Å²) in [6.07, 6.45) is 4.91. The van der Waals surface area contributed by atoms with Gasteiger partial charge in [-0.2, -0.15) is 0 Å². The number of anilines is 1. The third-order valence-corrected chi connectivity index (χ3v) is 3.39. The van der Waals surface area contributed by atoms with Gasteiger partial charge in [0.1, 0.15) is 18.0 Å². The van der Waals surface area contributed by atoms with Gasteiger partial charge in [0, 0.05) is 12.4 Å². The standard InChI is InChI=1S/C17H19N3O3/c1-11(2)23-14-7-13(9-18-10-14)17(21)20-4-5-22-16-15(20)6-12(3)8-19-16/h6-11H,4-5H2,1-3H3. The fourth-order valence-electron chi connectivity index (χ4n) is 2.44. The number of fused-ring (bicyclic) bond motifs is 1. The van der Waals surface area contributed by atoms with Gasteiger partial charge in [-0.3, -0.25) is 9.78 Å². The quantitative estimate of drug-likeness (QED) is 0.871. The average Bonchev–Trinajstić information content (AvgIpc) is 2.53. The van der Waals surface area contributed by atoms with E-state index in [4.69, 9.17) is 9.47 Å². The van der Waals surface area contributed by atoms with Crippen LogP contribution >= 0.6 is 0 Å². The third kappa shape index (κ3) is 3.26.